The molecule has 0 aliphatic carbocycles. The Balaban J connectivity index is 2.20. The minimum atomic E-state index is -0.406. The second-order valence-electron chi connectivity index (χ2n) is 4.23. The van der Waals surface area contributed by atoms with Crippen molar-refractivity contribution >= 4 is 17.0 Å². The molecule has 0 spiro atoms. The lowest BCUT2D eigenvalue weighted by atomic mass is 10.1. The van der Waals surface area contributed by atoms with Gasteiger partial charge in [0.2, 0.25) is 0 Å². The lowest BCUT2D eigenvalue weighted by Gasteiger charge is -2.05. The predicted molar refractivity (Wildman–Crippen MR) is 74.5 cm³/mol. The molecule has 0 aliphatic heterocycles. The van der Waals surface area contributed by atoms with E-state index in [0.717, 1.165) is 16.3 Å². The quantitative estimate of drug-likeness (QED) is 0.620. The molecule has 1 heterocycles. The molecular formula is C13H14N2O3S. The van der Waals surface area contributed by atoms with E-state index in [0.29, 0.717) is 6.61 Å². The van der Waals surface area contributed by atoms with Gasteiger partial charge in [-0.2, -0.15) is 0 Å². The number of methoxy groups -OCH3 is 1. The zero-order valence-corrected chi connectivity index (χ0v) is 11.5. The van der Waals surface area contributed by atoms with Crippen LogP contribution in [-0.4, -0.2) is 23.6 Å². The molecule has 0 N–H and O–H groups in total. The molecule has 0 bridgehead atoms. The van der Waals surface area contributed by atoms with Crippen LogP contribution in [0.25, 0.3) is 11.3 Å². The fraction of sp³-hybridized carbons (Fsp3) is 0.308. The van der Waals surface area contributed by atoms with Gasteiger partial charge in [-0.05, 0) is 12.1 Å². The molecule has 1 aromatic heterocycles. The molecule has 0 radical (unpaired) electrons. The maximum absolute atomic E-state index is 10.6. The summed E-state index contributed by atoms with van der Waals surface area (Å²) in [5, 5.41) is 13.6. The molecule has 0 saturated carbocycles. The van der Waals surface area contributed by atoms with Crippen molar-refractivity contribution < 1.29 is 9.66 Å². The number of aromatic nitrogens is 1. The predicted octanol–water partition coefficient (Wildman–Crippen LogP) is 3.47. The third kappa shape index (κ3) is 3.15. The van der Waals surface area contributed by atoms with Gasteiger partial charge in [0, 0.05) is 36.1 Å². The number of non-ortho nitro benzene ring substituents is 1. The van der Waals surface area contributed by atoms with Gasteiger partial charge in [-0.15, -0.1) is 11.3 Å². The molecule has 5 nitrogen and oxygen atoms in total. The summed E-state index contributed by atoms with van der Waals surface area (Å²) in [7, 11) is 1.67. The number of nitrogens with zero attached hydrogens (tertiary/aromatic N) is 2. The van der Waals surface area contributed by atoms with Crippen molar-refractivity contribution in [3.05, 3.63) is 44.8 Å². The summed E-state index contributed by atoms with van der Waals surface area (Å²) in [6, 6.07) is 6.43. The number of nitro groups is 1. The first-order valence-electron chi connectivity index (χ1n) is 5.81. The highest BCUT2D eigenvalue weighted by Crippen LogP contribution is 2.27. The van der Waals surface area contributed by atoms with Crippen molar-refractivity contribution in [3.63, 3.8) is 0 Å². The fourth-order valence-corrected chi connectivity index (χ4v) is 2.59. The van der Waals surface area contributed by atoms with Crippen molar-refractivity contribution in [2.24, 2.45) is 0 Å². The topological polar surface area (TPSA) is 65.3 Å². The summed E-state index contributed by atoms with van der Waals surface area (Å²) in [4.78, 5) is 14.7. The molecule has 100 valence electrons. The van der Waals surface area contributed by atoms with Crippen LogP contribution >= 0.6 is 11.3 Å². The molecule has 1 atom stereocenters. The number of hydrogen-bond acceptors (Lipinski definition) is 5. The third-order valence-corrected chi connectivity index (χ3v) is 3.81. The van der Waals surface area contributed by atoms with Crippen molar-refractivity contribution in [1.82, 2.24) is 4.98 Å². The Labute approximate surface area is 115 Å². The van der Waals surface area contributed by atoms with Crippen LogP contribution in [0.2, 0.25) is 0 Å². The average molecular weight is 278 g/mol. The van der Waals surface area contributed by atoms with Gasteiger partial charge < -0.3 is 4.74 Å². The highest BCUT2D eigenvalue weighted by Gasteiger charge is 2.12. The molecule has 2 aromatic rings. The number of ether oxygens (including phenoxy) is 1. The van der Waals surface area contributed by atoms with Crippen LogP contribution in [-0.2, 0) is 4.74 Å². The summed E-state index contributed by atoms with van der Waals surface area (Å²) >= 11 is 1.58. The molecule has 19 heavy (non-hydrogen) atoms. The molecule has 0 aliphatic rings. The summed E-state index contributed by atoms with van der Waals surface area (Å²) < 4.78 is 5.11. The van der Waals surface area contributed by atoms with E-state index in [1.54, 1.807) is 30.6 Å². The Kier molecular flexibility index (Phi) is 4.24. The van der Waals surface area contributed by atoms with E-state index in [-0.39, 0.29) is 11.6 Å². The summed E-state index contributed by atoms with van der Waals surface area (Å²) in [6.45, 7) is 2.69. The Morgan fingerprint density at radius 2 is 2.11 bits per heavy atom. The Hall–Kier alpha value is -1.79. The van der Waals surface area contributed by atoms with E-state index in [1.165, 1.54) is 12.1 Å². The van der Waals surface area contributed by atoms with Crippen LogP contribution in [0.4, 0.5) is 5.69 Å². The molecular weight excluding hydrogens is 264 g/mol. The SMILES string of the molecule is COCC(C)c1nc(-c2ccc([N+](=O)[O-])cc2)cs1. The zero-order chi connectivity index (χ0) is 13.8. The summed E-state index contributed by atoms with van der Waals surface area (Å²) in [5.74, 6) is 0.252. The second kappa shape index (κ2) is 5.90. The van der Waals surface area contributed by atoms with E-state index in [4.69, 9.17) is 4.74 Å². The van der Waals surface area contributed by atoms with E-state index in [1.807, 2.05) is 5.38 Å². The minimum Gasteiger partial charge on any atom is -0.384 e. The number of nitro benzene ring substituents is 1. The van der Waals surface area contributed by atoms with Crippen molar-refractivity contribution in [2.75, 3.05) is 13.7 Å². The van der Waals surface area contributed by atoms with E-state index in [9.17, 15) is 10.1 Å². The van der Waals surface area contributed by atoms with Gasteiger partial charge in [-0.3, -0.25) is 10.1 Å². The van der Waals surface area contributed by atoms with Gasteiger partial charge >= 0.3 is 0 Å². The third-order valence-electron chi connectivity index (χ3n) is 2.73. The van der Waals surface area contributed by atoms with E-state index in [2.05, 4.69) is 11.9 Å². The first-order valence-corrected chi connectivity index (χ1v) is 6.69. The first-order chi connectivity index (χ1) is 9.11. The lowest BCUT2D eigenvalue weighted by Crippen LogP contribution is -2.01. The van der Waals surface area contributed by atoms with Crippen molar-refractivity contribution in [3.8, 4) is 11.3 Å². The molecule has 2 rings (SSSR count). The second-order valence-corrected chi connectivity index (χ2v) is 5.12. The van der Waals surface area contributed by atoms with Gasteiger partial charge in [0.05, 0.1) is 22.2 Å². The maximum Gasteiger partial charge on any atom is 0.269 e. The molecule has 0 amide bonds. The molecule has 1 unspecified atom stereocenters. The monoisotopic (exact) mass is 278 g/mol. The maximum atomic E-state index is 10.6. The molecule has 6 heteroatoms. The number of thiazole rings is 1. The summed E-state index contributed by atoms with van der Waals surface area (Å²) in [5.41, 5.74) is 1.82. The van der Waals surface area contributed by atoms with Crippen LogP contribution in [0, 0.1) is 10.1 Å². The van der Waals surface area contributed by atoms with Crippen molar-refractivity contribution in [2.45, 2.75) is 12.8 Å². The molecule has 1 aromatic carbocycles. The Morgan fingerprint density at radius 1 is 1.42 bits per heavy atom. The average Bonchev–Trinajstić information content (AvgIpc) is 2.89. The fourth-order valence-electron chi connectivity index (χ4n) is 1.72. The van der Waals surface area contributed by atoms with Gasteiger partial charge in [0.25, 0.3) is 5.69 Å². The molecule has 0 fully saturated rings. The van der Waals surface area contributed by atoms with Gasteiger partial charge in [0.1, 0.15) is 0 Å². The van der Waals surface area contributed by atoms with Gasteiger partial charge in [0.15, 0.2) is 0 Å². The first kappa shape index (κ1) is 13.6. The van der Waals surface area contributed by atoms with Crippen molar-refractivity contribution in [1.29, 1.82) is 0 Å². The van der Waals surface area contributed by atoms with E-state index < -0.39 is 4.92 Å². The van der Waals surface area contributed by atoms with Crippen LogP contribution in [0.5, 0.6) is 0 Å². The standard InChI is InChI=1S/C13H14N2O3S/c1-9(7-18-2)13-14-12(8-19-13)10-3-5-11(6-4-10)15(16)17/h3-6,8-9H,7H2,1-2H3. The number of rotatable bonds is 5. The van der Waals surface area contributed by atoms with Crippen LogP contribution in [0.15, 0.2) is 29.6 Å². The van der Waals surface area contributed by atoms with Gasteiger partial charge in [-0.25, -0.2) is 4.98 Å². The highest BCUT2D eigenvalue weighted by atomic mass is 32.1. The largest absolute Gasteiger partial charge is 0.384 e. The smallest absolute Gasteiger partial charge is 0.269 e. The van der Waals surface area contributed by atoms with Crippen LogP contribution in [0.1, 0.15) is 17.8 Å². The summed E-state index contributed by atoms with van der Waals surface area (Å²) in [6.07, 6.45) is 0. The highest BCUT2D eigenvalue weighted by molar-refractivity contribution is 7.10. The Morgan fingerprint density at radius 3 is 2.68 bits per heavy atom. The van der Waals surface area contributed by atoms with Crippen LogP contribution < -0.4 is 0 Å². The Bertz CT molecular complexity index is 566. The minimum absolute atomic E-state index is 0.0898. The van der Waals surface area contributed by atoms with E-state index >= 15 is 0 Å². The number of benzene rings is 1. The van der Waals surface area contributed by atoms with Crippen LogP contribution in [0.3, 0.4) is 0 Å². The number of hydrogen-bond donors (Lipinski definition) is 0. The normalized spacial score (nSPS) is 12.3. The zero-order valence-electron chi connectivity index (χ0n) is 10.7. The lowest BCUT2D eigenvalue weighted by molar-refractivity contribution is -0.384. The van der Waals surface area contributed by atoms with Gasteiger partial charge in [-0.1, -0.05) is 6.92 Å². The molecule has 0 saturated heterocycles.